The first-order chi connectivity index (χ1) is 12.3. The maximum absolute atomic E-state index is 12.6. The molecule has 3 rings (SSSR count). The van der Waals surface area contributed by atoms with Crippen molar-refractivity contribution in [1.82, 2.24) is 15.1 Å². The molecule has 2 aliphatic heterocycles. The number of amides is 2. The highest BCUT2D eigenvalue weighted by atomic mass is 16.5. The number of ether oxygens (including phenoxy) is 1. The minimum absolute atomic E-state index is 0.0430. The van der Waals surface area contributed by atoms with Crippen LogP contribution in [0.15, 0.2) is 23.0 Å². The number of furan rings is 1. The molecule has 1 atom stereocenters. The fourth-order valence-corrected chi connectivity index (χ4v) is 3.46. The SMILES string of the molecule is O=C(NCCCN1CCOCC1)[C@@H]1CCCCN1C(=O)c1ccoc1. The van der Waals surface area contributed by atoms with Crippen LogP contribution >= 0.6 is 0 Å². The maximum atomic E-state index is 12.6. The summed E-state index contributed by atoms with van der Waals surface area (Å²) in [5.41, 5.74) is 0.506. The van der Waals surface area contributed by atoms with Gasteiger partial charge in [-0.25, -0.2) is 0 Å². The molecule has 1 aromatic rings. The Morgan fingerprint density at radius 1 is 1.20 bits per heavy atom. The molecule has 7 heteroatoms. The first-order valence-corrected chi connectivity index (χ1v) is 9.16. The van der Waals surface area contributed by atoms with Gasteiger partial charge in [0, 0.05) is 26.2 Å². The summed E-state index contributed by atoms with van der Waals surface area (Å²) in [5, 5.41) is 3.01. The molecule has 0 radical (unpaired) electrons. The number of hydrogen-bond acceptors (Lipinski definition) is 5. The van der Waals surface area contributed by atoms with Crippen LogP contribution in [0.5, 0.6) is 0 Å². The summed E-state index contributed by atoms with van der Waals surface area (Å²) in [5.74, 6) is -0.166. The van der Waals surface area contributed by atoms with E-state index in [0.717, 1.165) is 58.5 Å². The average Bonchev–Trinajstić information content (AvgIpc) is 3.20. The molecule has 2 saturated heterocycles. The summed E-state index contributed by atoms with van der Waals surface area (Å²) >= 11 is 0. The molecule has 0 unspecified atom stereocenters. The van der Waals surface area contributed by atoms with Gasteiger partial charge in [0.2, 0.25) is 5.91 Å². The Hall–Kier alpha value is -1.86. The van der Waals surface area contributed by atoms with Crippen molar-refractivity contribution in [3.05, 3.63) is 24.2 Å². The van der Waals surface area contributed by atoms with Gasteiger partial charge >= 0.3 is 0 Å². The normalized spacial score (nSPS) is 21.9. The van der Waals surface area contributed by atoms with Gasteiger partial charge in [-0.05, 0) is 38.3 Å². The van der Waals surface area contributed by atoms with Crippen molar-refractivity contribution in [1.29, 1.82) is 0 Å². The molecule has 1 N–H and O–H groups in total. The van der Waals surface area contributed by atoms with Crippen LogP contribution in [-0.2, 0) is 9.53 Å². The summed E-state index contributed by atoms with van der Waals surface area (Å²) < 4.78 is 10.3. The third-order valence-electron chi connectivity index (χ3n) is 4.89. The van der Waals surface area contributed by atoms with Gasteiger partial charge in [0.15, 0.2) is 0 Å². The zero-order chi connectivity index (χ0) is 17.5. The second-order valence-electron chi connectivity index (χ2n) is 6.62. The van der Waals surface area contributed by atoms with Crippen molar-refractivity contribution < 1.29 is 18.7 Å². The van der Waals surface area contributed by atoms with Crippen molar-refractivity contribution in [2.75, 3.05) is 45.9 Å². The summed E-state index contributed by atoms with van der Waals surface area (Å²) in [7, 11) is 0. The van der Waals surface area contributed by atoms with E-state index in [2.05, 4.69) is 10.2 Å². The summed E-state index contributed by atoms with van der Waals surface area (Å²) in [4.78, 5) is 29.2. The van der Waals surface area contributed by atoms with Crippen molar-refractivity contribution in [3.63, 3.8) is 0 Å². The summed E-state index contributed by atoms with van der Waals surface area (Å²) in [6, 6.07) is 1.27. The van der Waals surface area contributed by atoms with E-state index in [0.29, 0.717) is 18.7 Å². The van der Waals surface area contributed by atoms with Crippen LogP contribution in [0.4, 0.5) is 0 Å². The molecule has 0 saturated carbocycles. The number of piperidine rings is 1. The third kappa shape index (κ3) is 4.83. The number of rotatable bonds is 6. The first-order valence-electron chi connectivity index (χ1n) is 9.16. The Balaban J connectivity index is 1.46. The van der Waals surface area contributed by atoms with Crippen molar-refractivity contribution >= 4 is 11.8 Å². The Bertz CT molecular complexity index is 555. The monoisotopic (exact) mass is 349 g/mol. The smallest absolute Gasteiger partial charge is 0.257 e. The molecule has 25 heavy (non-hydrogen) atoms. The van der Waals surface area contributed by atoms with Crippen molar-refractivity contribution in [2.24, 2.45) is 0 Å². The highest BCUT2D eigenvalue weighted by Crippen LogP contribution is 2.20. The van der Waals surface area contributed by atoms with E-state index >= 15 is 0 Å². The fraction of sp³-hybridized carbons (Fsp3) is 0.667. The lowest BCUT2D eigenvalue weighted by atomic mass is 10.0. The zero-order valence-corrected chi connectivity index (χ0v) is 14.6. The van der Waals surface area contributed by atoms with Gasteiger partial charge in [-0.15, -0.1) is 0 Å². The molecule has 1 aromatic heterocycles. The van der Waals surface area contributed by atoms with Crippen LogP contribution in [0.25, 0.3) is 0 Å². The molecule has 2 amide bonds. The van der Waals surface area contributed by atoms with E-state index in [1.807, 2.05) is 0 Å². The number of morpholine rings is 1. The van der Waals surface area contributed by atoms with Crippen LogP contribution in [-0.4, -0.2) is 73.6 Å². The van der Waals surface area contributed by atoms with Gasteiger partial charge in [-0.2, -0.15) is 0 Å². The summed E-state index contributed by atoms with van der Waals surface area (Å²) in [6.07, 6.45) is 6.46. The first kappa shape index (κ1) is 17.9. The number of carbonyl (C=O) groups is 2. The van der Waals surface area contributed by atoms with Gasteiger partial charge in [0.05, 0.1) is 25.0 Å². The van der Waals surface area contributed by atoms with E-state index in [1.54, 1.807) is 11.0 Å². The highest BCUT2D eigenvalue weighted by molar-refractivity contribution is 5.97. The van der Waals surface area contributed by atoms with E-state index in [4.69, 9.17) is 9.15 Å². The molecule has 0 bridgehead atoms. The topological polar surface area (TPSA) is 75.0 Å². The lowest BCUT2D eigenvalue weighted by Gasteiger charge is -2.34. The van der Waals surface area contributed by atoms with Crippen molar-refractivity contribution in [2.45, 2.75) is 31.7 Å². The Labute approximate surface area is 148 Å². The third-order valence-corrected chi connectivity index (χ3v) is 4.89. The second kappa shape index (κ2) is 9.01. The molecule has 3 heterocycles. The Morgan fingerprint density at radius 2 is 2.04 bits per heavy atom. The summed E-state index contributed by atoms with van der Waals surface area (Å²) in [6.45, 7) is 5.73. The molecule has 0 aromatic carbocycles. The number of likely N-dealkylation sites (tertiary alicyclic amines) is 1. The molecule has 2 fully saturated rings. The molecule has 7 nitrogen and oxygen atoms in total. The van der Waals surface area contributed by atoms with E-state index in [1.165, 1.54) is 12.5 Å². The van der Waals surface area contributed by atoms with Gasteiger partial charge in [0.1, 0.15) is 12.3 Å². The lowest BCUT2D eigenvalue weighted by Crippen LogP contribution is -2.52. The number of hydrogen-bond donors (Lipinski definition) is 1. The Kier molecular flexibility index (Phi) is 6.47. The fourth-order valence-electron chi connectivity index (χ4n) is 3.46. The minimum atomic E-state index is -0.375. The largest absolute Gasteiger partial charge is 0.472 e. The zero-order valence-electron chi connectivity index (χ0n) is 14.6. The lowest BCUT2D eigenvalue weighted by molar-refractivity contribution is -0.126. The number of nitrogens with one attached hydrogen (secondary N) is 1. The predicted octanol–water partition coefficient (Wildman–Crippen LogP) is 1.11. The standard InChI is InChI=1S/C18H27N3O4/c22-17(19-6-3-7-20-9-12-24-13-10-20)16-4-1-2-8-21(16)18(23)15-5-11-25-14-15/h5,11,14,16H,1-4,6-10,12-13H2,(H,19,22)/t16-/m0/s1. The number of carbonyl (C=O) groups excluding carboxylic acids is 2. The molecular weight excluding hydrogens is 322 g/mol. The predicted molar refractivity (Wildman–Crippen MR) is 92.3 cm³/mol. The van der Waals surface area contributed by atoms with Gasteiger partial charge in [0.25, 0.3) is 5.91 Å². The van der Waals surface area contributed by atoms with Gasteiger partial charge in [-0.3, -0.25) is 14.5 Å². The highest BCUT2D eigenvalue weighted by Gasteiger charge is 2.32. The second-order valence-corrected chi connectivity index (χ2v) is 6.62. The van der Waals surface area contributed by atoms with Crippen LogP contribution in [0.1, 0.15) is 36.0 Å². The molecular formula is C18H27N3O4. The van der Waals surface area contributed by atoms with E-state index in [9.17, 15) is 9.59 Å². The Morgan fingerprint density at radius 3 is 2.80 bits per heavy atom. The van der Waals surface area contributed by atoms with Crippen LogP contribution < -0.4 is 5.32 Å². The van der Waals surface area contributed by atoms with Crippen LogP contribution in [0.3, 0.4) is 0 Å². The van der Waals surface area contributed by atoms with Crippen molar-refractivity contribution in [3.8, 4) is 0 Å². The van der Waals surface area contributed by atoms with E-state index < -0.39 is 0 Å². The van der Waals surface area contributed by atoms with Crippen LogP contribution in [0.2, 0.25) is 0 Å². The molecule has 138 valence electrons. The quantitative estimate of drug-likeness (QED) is 0.779. The number of nitrogens with zero attached hydrogens (tertiary/aromatic N) is 2. The molecule has 2 aliphatic rings. The van der Waals surface area contributed by atoms with Crippen LogP contribution in [0, 0.1) is 0 Å². The molecule has 0 aliphatic carbocycles. The average molecular weight is 349 g/mol. The van der Waals surface area contributed by atoms with E-state index in [-0.39, 0.29) is 17.9 Å². The van der Waals surface area contributed by atoms with Gasteiger partial charge in [-0.1, -0.05) is 0 Å². The minimum Gasteiger partial charge on any atom is -0.472 e. The van der Waals surface area contributed by atoms with Gasteiger partial charge < -0.3 is 19.4 Å². The maximum Gasteiger partial charge on any atom is 0.257 e. The molecule has 0 spiro atoms.